The third-order valence-electron chi connectivity index (χ3n) is 20.3. The highest BCUT2D eigenvalue weighted by atomic mass is 16.5. The van der Waals surface area contributed by atoms with Gasteiger partial charge in [0.1, 0.15) is 0 Å². The fourth-order valence-electron chi connectivity index (χ4n) is 13.8. The number of unbranched alkanes of at least 4 members (excludes halogenated alkanes) is 66. The molecule has 0 aromatic rings. The Kier molecular flexibility index (Phi) is 80.3. The van der Waals surface area contributed by atoms with Gasteiger partial charge in [-0.25, -0.2) is 0 Å². The van der Waals surface area contributed by atoms with Crippen LogP contribution in [0.25, 0.3) is 0 Å². The van der Waals surface area contributed by atoms with Crippen molar-refractivity contribution in [2.24, 2.45) is 0 Å². The maximum atomic E-state index is 12.6. The number of nitrogens with one attached hydrogen (secondary N) is 1. The Morgan fingerprint density at radius 1 is 0.304 bits per heavy atom. The zero-order valence-electron chi connectivity index (χ0n) is 62.8. The lowest BCUT2D eigenvalue weighted by atomic mass is 10.0. The van der Waals surface area contributed by atoms with Gasteiger partial charge in [0.15, 0.2) is 0 Å². The van der Waals surface area contributed by atoms with Crippen LogP contribution in [-0.4, -0.2) is 47.4 Å². The van der Waals surface area contributed by atoms with Gasteiger partial charge in [-0.3, -0.25) is 9.59 Å². The average molecular weight is 1300 g/mol. The van der Waals surface area contributed by atoms with Crippen molar-refractivity contribution in [1.29, 1.82) is 0 Å². The van der Waals surface area contributed by atoms with E-state index in [2.05, 4.69) is 43.5 Å². The van der Waals surface area contributed by atoms with Gasteiger partial charge in [0.2, 0.25) is 5.91 Å². The Labute approximate surface area is 577 Å². The first kappa shape index (κ1) is 90.3. The zero-order chi connectivity index (χ0) is 66.3. The van der Waals surface area contributed by atoms with E-state index in [1.54, 1.807) is 0 Å². The molecular weight excluding hydrogens is 1130 g/mol. The fraction of sp³-hybridized carbons (Fsp3) is 0.930. The zero-order valence-corrected chi connectivity index (χ0v) is 62.8. The Morgan fingerprint density at radius 3 is 0.826 bits per heavy atom. The van der Waals surface area contributed by atoms with Crippen LogP contribution in [0.2, 0.25) is 0 Å². The molecule has 0 bridgehead atoms. The van der Waals surface area contributed by atoms with Crippen molar-refractivity contribution >= 4 is 11.9 Å². The van der Waals surface area contributed by atoms with E-state index in [1.807, 2.05) is 0 Å². The molecule has 0 aromatic carbocycles. The van der Waals surface area contributed by atoms with E-state index in [4.69, 9.17) is 4.74 Å². The van der Waals surface area contributed by atoms with Crippen molar-refractivity contribution in [3.63, 3.8) is 0 Å². The first-order valence-electron chi connectivity index (χ1n) is 42.6. The Hall–Kier alpha value is -1.66. The molecule has 0 aliphatic rings. The summed E-state index contributed by atoms with van der Waals surface area (Å²) >= 11 is 0. The number of allylic oxidation sites excluding steroid dienone is 4. The number of aliphatic hydroxyl groups excluding tert-OH is 2. The van der Waals surface area contributed by atoms with Crippen LogP contribution in [0.15, 0.2) is 24.3 Å². The third kappa shape index (κ3) is 77.3. The molecule has 1 amide bonds. The Balaban J connectivity index is 3.34. The van der Waals surface area contributed by atoms with Crippen LogP contribution >= 0.6 is 0 Å². The topological polar surface area (TPSA) is 95.9 Å². The lowest BCUT2D eigenvalue weighted by Gasteiger charge is -2.22. The summed E-state index contributed by atoms with van der Waals surface area (Å²) in [5, 5.41) is 23.4. The van der Waals surface area contributed by atoms with Crippen LogP contribution in [0, 0.1) is 0 Å². The van der Waals surface area contributed by atoms with Gasteiger partial charge in [0.05, 0.1) is 25.4 Å². The summed E-state index contributed by atoms with van der Waals surface area (Å²) in [5.74, 6) is -0.00128. The summed E-state index contributed by atoms with van der Waals surface area (Å²) in [6.07, 6.45) is 106. The second kappa shape index (κ2) is 81.8. The van der Waals surface area contributed by atoms with Crippen molar-refractivity contribution in [2.75, 3.05) is 13.2 Å². The highest BCUT2D eigenvalue weighted by Crippen LogP contribution is 2.21. The number of esters is 1. The maximum absolute atomic E-state index is 12.6. The monoisotopic (exact) mass is 1290 g/mol. The minimum Gasteiger partial charge on any atom is -0.466 e. The van der Waals surface area contributed by atoms with Crippen LogP contribution < -0.4 is 5.32 Å². The number of carbonyl (C=O) groups excluding carboxylic acids is 2. The van der Waals surface area contributed by atoms with E-state index in [-0.39, 0.29) is 18.5 Å². The van der Waals surface area contributed by atoms with Gasteiger partial charge < -0.3 is 20.3 Å². The summed E-state index contributed by atoms with van der Waals surface area (Å²) in [6.45, 7) is 5.02. The molecule has 2 unspecified atom stereocenters. The minimum absolute atomic E-state index is 0.0254. The molecule has 3 N–H and O–H groups in total. The second-order valence-electron chi connectivity index (χ2n) is 29.5. The Morgan fingerprint density at radius 2 is 0.543 bits per heavy atom. The van der Waals surface area contributed by atoms with Crippen LogP contribution in [0.3, 0.4) is 0 Å². The summed E-state index contributed by atoms with van der Waals surface area (Å²) in [4.78, 5) is 24.7. The van der Waals surface area contributed by atoms with E-state index in [0.29, 0.717) is 25.9 Å². The SMILES string of the molecule is CCCCCCCCCCCCCCCCCCCCCC(O)C(CO)NC(=O)CCCCCCCCCCCCCCCCCCC/C=C\C/C=C\CCCCCCCCCCCCCCCCCOC(=O)CCCCCCCCCCCCCCCCCCC. The van der Waals surface area contributed by atoms with Gasteiger partial charge in [-0.2, -0.15) is 0 Å². The predicted molar refractivity (Wildman–Crippen MR) is 407 cm³/mol. The summed E-state index contributed by atoms with van der Waals surface area (Å²) in [6, 6.07) is -0.540. The van der Waals surface area contributed by atoms with Gasteiger partial charge >= 0.3 is 5.97 Å². The van der Waals surface area contributed by atoms with Crippen molar-refractivity contribution in [3.05, 3.63) is 24.3 Å². The number of aliphatic hydroxyl groups is 2. The lowest BCUT2D eigenvalue weighted by molar-refractivity contribution is -0.143. The number of ether oxygens (including phenoxy) is 1. The molecule has 0 rings (SSSR count). The number of rotatable bonds is 81. The molecule has 0 aromatic heterocycles. The van der Waals surface area contributed by atoms with E-state index in [1.165, 1.54) is 411 Å². The van der Waals surface area contributed by atoms with Crippen molar-refractivity contribution in [2.45, 2.75) is 501 Å². The average Bonchev–Trinajstić information content (AvgIpc) is 3.75. The lowest BCUT2D eigenvalue weighted by Crippen LogP contribution is -2.45. The third-order valence-corrected chi connectivity index (χ3v) is 20.3. The molecule has 0 fully saturated rings. The molecule has 6 nitrogen and oxygen atoms in total. The molecule has 6 heteroatoms. The highest BCUT2D eigenvalue weighted by molar-refractivity contribution is 5.76. The van der Waals surface area contributed by atoms with Crippen LogP contribution in [0.5, 0.6) is 0 Å². The minimum atomic E-state index is -0.663. The smallest absolute Gasteiger partial charge is 0.305 e. The largest absolute Gasteiger partial charge is 0.466 e. The summed E-state index contributed by atoms with van der Waals surface area (Å²) in [5.41, 5.74) is 0. The molecule has 0 radical (unpaired) electrons. The van der Waals surface area contributed by atoms with Gasteiger partial charge in [-0.05, 0) is 57.8 Å². The van der Waals surface area contributed by atoms with E-state index >= 15 is 0 Å². The standard InChI is InChI=1S/C86H167NO5/c1-3-5-7-9-11-13-15-17-19-21-43-47-50-54-58-62-66-70-74-78-84(89)83(82-88)87-85(90)79-75-71-67-63-59-55-51-48-44-41-39-37-35-33-31-29-27-25-23-22-24-26-28-30-32-34-36-38-40-42-45-49-53-57-61-65-69-73-77-81-92-86(91)80-76-72-68-64-60-56-52-46-20-18-16-14-12-10-8-6-4-2/h22-23,26,28,83-84,88-89H,3-21,24-25,27,29-82H2,1-2H3,(H,87,90)/b23-22-,28-26-. The maximum Gasteiger partial charge on any atom is 0.305 e. The van der Waals surface area contributed by atoms with Crippen molar-refractivity contribution in [1.82, 2.24) is 5.32 Å². The van der Waals surface area contributed by atoms with Gasteiger partial charge in [-0.15, -0.1) is 0 Å². The number of hydrogen-bond donors (Lipinski definition) is 3. The van der Waals surface area contributed by atoms with Gasteiger partial charge in [-0.1, -0.05) is 443 Å². The number of amides is 1. The molecule has 0 spiro atoms. The molecule has 2 atom stereocenters. The van der Waals surface area contributed by atoms with Crippen LogP contribution in [-0.2, 0) is 14.3 Å². The van der Waals surface area contributed by atoms with E-state index in [0.717, 1.165) is 44.9 Å². The molecule has 0 heterocycles. The molecular formula is C86H167NO5. The second-order valence-corrected chi connectivity index (χ2v) is 29.5. The number of carbonyl (C=O) groups is 2. The molecule has 0 saturated heterocycles. The normalized spacial score (nSPS) is 12.5. The highest BCUT2D eigenvalue weighted by Gasteiger charge is 2.20. The van der Waals surface area contributed by atoms with Gasteiger partial charge in [0.25, 0.3) is 0 Å². The fourth-order valence-corrected chi connectivity index (χ4v) is 13.8. The molecule has 546 valence electrons. The predicted octanol–water partition coefficient (Wildman–Crippen LogP) is 28.4. The number of hydrogen-bond acceptors (Lipinski definition) is 5. The summed E-state index contributed by atoms with van der Waals surface area (Å²) < 4.78 is 5.52. The molecule has 0 saturated carbocycles. The molecule has 0 aliphatic heterocycles. The first-order valence-corrected chi connectivity index (χ1v) is 42.6. The summed E-state index contributed by atoms with van der Waals surface area (Å²) in [7, 11) is 0. The van der Waals surface area contributed by atoms with Crippen LogP contribution in [0.1, 0.15) is 489 Å². The quantitative estimate of drug-likeness (QED) is 0.0320. The van der Waals surface area contributed by atoms with Crippen molar-refractivity contribution in [3.8, 4) is 0 Å². The van der Waals surface area contributed by atoms with E-state index < -0.39 is 12.1 Å². The molecule has 0 aliphatic carbocycles. The molecule has 92 heavy (non-hydrogen) atoms. The Bertz CT molecular complexity index is 1450. The first-order chi connectivity index (χ1) is 45.5. The van der Waals surface area contributed by atoms with Crippen LogP contribution in [0.4, 0.5) is 0 Å². The van der Waals surface area contributed by atoms with Crippen molar-refractivity contribution < 1.29 is 24.5 Å². The van der Waals surface area contributed by atoms with Gasteiger partial charge in [0, 0.05) is 12.8 Å². The van der Waals surface area contributed by atoms with E-state index in [9.17, 15) is 19.8 Å².